The summed E-state index contributed by atoms with van der Waals surface area (Å²) < 4.78 is 13.5. The van der Waals surface area contributed by atoms with Crippen LogP contribution in [0.5, 0.6) is 0 Å². The molecular weight excluding hydrogens is 281 g/mol. The van der Waals surface area contributed by atoms with Crippen LogP contribution in [-0.2, 0) is 0 Å². The zero-order valence-corrected chi connectivity index (χ0v) is 13.3. The molecular formula is C17H26FN3O. The number of hydrogen-bond acceptors (Lipinski definition) is 2. The molecule has 22 heavy (non-hydrogen) atoms. The van der Waals surface area contributed by atoms with Crippen molar-refractivity contribution < 1.29 is 9.18 Å². The molecule has 0 spiro atoms. The Hall–Kier alpha value is -1.78. The van der Waals surface area contributed by atoms with Crippen molar-refractivity contribution in [1.29, 1.82) is 0 Å². The van der Waals surface area contributed by atoms with E-state index in [1.807, 2.05) is 0 Å². The molecule has 122 valence electrons. The summed E-state index contributed by atoms with van der Waals surface area (Å²) in [6.45, 7) is 4.68. The Morgan fingerprint density at radius 2 is 2.00 bits per heavy atom. The molecule has 1 heterocycles. The molecule has 0 unspecified atom stereocenters. The van der Waals surface area contributed by atoms with E-state index >= 15 is 0 Å². The van der Waals surface area contributed by atoms with Gasteiger partial charge in [-0.25, -0.2) is 9.18 Å². The third kappa shape index (κ3) is 4.90. The molecule has 1 saturated heterocycles. The summed E-state index contributed by atoms with van der Waals surface area (Å²) in [6.07, 6.45) is 6.69. The minimum Gasteiger partial charge on any atom is -0.370 e. The van der Waals surface area contributed by atoms with Gasteiger partial charge in [-0.05, 0) is 43.9 Å². The van der Waals surface area contributed by atoms with Gasteiger partial charge in [-0.1, -0.05) is 19.8 Å². The van der Waals surface area contributed by atoms with Crippen molar-refractivity contribution in [2.24, 2.45) is 0 Å². The zero-order valence-electron chi connectivity index (χ0n) is 13.3. The largest absolute Gasteiger partial charge is 0.370 e. The van der Waals surface area contributed by atoms with E-state index in [9.17, 15) is 9.18 Å². The molecule has 0 aliphatic carbocycles. The second-order valence-corrected chi connectivity index (χ2v) is 5.80. The average molecular weight is 307 g/mol. The Labute approximate surface area is 132 Å². The lowest BCUT2D eigenvalue weighted by molar-refractivity contribution is 0.252. The minimum absolute atomic E-state index is 0.264. The van der Waals surface area contributed by atoms with Gasteiger partial charge >= 0.3 is 6.03 Å². The van der Waals surface area contributed by atoms with Gasteiger partial charge < -0.3 is 15.5 Å². The van der Waals surface area contributed by atoms with E-state index in [0.717, 1.165) is 50.9 Å². The standard InChI is InChI=1S/C17H26FN3O/c1-2-3-5-10-19-17(22)20-15-13-14(18)8-9-16(15)21-11-6-4-7-12-21/h8-9,13H,2-7,10-12H2,1H3,(H2,19,20,22). The first-order valence-corrected chi connectivity index (χ1v) is 8.30. The van der Waals surface area contributed by atoms with Gasteiger partial charge in [0, 0.05) is 19.6 Å². The van der Waals surface area contributed by atoms with Crippen LogP contribution in [-0.4, -0.2) is 25.7 Å². The summed E-state index contributed by atoms with van der Waals surface area (Å²) in [7, 11) is 0. The van der Waals surface area contributed by atoms with Gasteiger partial charge in [0.25, 0.3) is 0 Å². The molecule has 0 atom stereocenters. The smallest absolute Gasteiger partial charge is 0.319 e. The fourth-order valence-electron chi connectivity index (χ4n) is 2.76. The van der Waals surface area contributed by atoms with Gasteiger partial charge in [-0.3, -0.25) is 0 Å². The van der Waals surface area contributed by atoms with Crippen LogP contribution in [0, 0.1) is 5.82 Å². The lowest BCUT2D eigenvalue weighted by Gasteiger charge is -2.30. The number of urea groups is 1. The number of unbranched alkanes of at least 4 members (excludes halogenated alkanes) is 2. The van der Waals surface area contributed by atoms with Crippen LogP contribution in [0.2, 0.25) is 0 Å². The molecule has 1 aliphatic heterocycles. The number of rotatable bonds is 6. The van der Waals surface area contributed by atoms with Crippen molar-refractivity contribution in [3.05, 3.63) is 24.0 Å². The Kier molecular flexibility index (Phi) is 6.49. The van der Waals surface area contributed by atoms with Crippen LogP contribution in [0.4, 0.5) is 20.6 Å². The van der Waals surface area contributed by atoms with Crippen molar-refractivity contribution in [3.63, 3.8) is 0 Å². The van der Waals surface area contributed by atoms with Crippen molar-refractivity contribution >= 4 is 17.4 Å². The van der Waals surface area contributed by atoms with E-state index in [0.29, 0.717) is 12.2 Å². The number of benzene rings is 1. The predicted molar refractivity (Wildman–Crippen MR) is 89.0 cm³/mol. The van der Waals surface area contributed by atoms with E-state index in [1.54, 1.807) is 6.07 Å². The first-order chi connectivity index (χ1) is 10.7. The Morgan fingerprint density at radius 3 is 2.73 bits per heavy atom. The molecule has 0 aromatic heterocycles. The van der Waals surface area contributed by atoms with E-state index in [4.69, 9.17) is 0 Å². The number of anilines is 2. The molecule has 2 amide bonds. The maximum absolute atomic E-state index is 13.5. The van der Waals surface area contributed by atoms with Crippen LogP contribution < -0.4 is 15.5 Å². The first-order valence-electron chi connectivity index (χ1n) is 8.30. The topological polar surface area (TPSA) is 44.4 Å². The summed E-state index contributed by atoms with van der Waals surface area (Å²) in [6, 6.07) is 4.34. The van der Waals surface area contributed by atoms with Gasteiger partial charge in [0.15, 0.2) is 0 Å². The molecule has 1 aromatic carbocycles. The molecule has 2 rings (SSSR count). The predicted octanol–water partition coefficient (Wildman–Crippen LogP) is 4.13. The average Bonchev–Trinajstić information content (AvgIpc) is 2.53. The monoisotopic (exact) mass is 307 g/mol. The van der Waals surface area contributed by atoms with E-state index in [-0.39, 0.29) is 11.8 Å². The number of hydrogen-bond donors (Lipinski definition) is 2. The molecule has 5 heteroatoms. The second kappa shape index (κ2) is 8.61. The van der Waals surface area contributed by atoms with E-state index in [1.165, 1.54) is 18.6 Å². The Morgan fingerprint density at radius 1 is 1.23 bits per heavy atom. The lowest BCUT2D eigenvalue weighted by Crippen LogP contribution is -2.33. The molecule has 4 nitrogen and oxygen atoms in total. The number of carbonyl (C=O) groups is 1. The summed E-state index contributed by atoms with van der Waals surface area (Å²) >= 11 is 0. The maximum atomic E-state index is 13.5. The fraction of sp³-hybridized carbons (Fsp3) is 0.588. The van der Waals surface area contributed by atoms with E-state index in [2.05, 4.69) is 22.5 Å². The van der Waals surface area contributed by atoms with Gasteiger partial charge in [-0.2, -0.15) is 0 Å². The van der Waals surface area contributed by atoms with Crippen molar-refractivity contribution in [2.45, 2.75) is 45.4 Å². The van der Waals surface area contributed by atoms with Crippen molar-refractivity contribution in [2.75, 3.05) is 29.9 Å². The quantitative estimate of drug-likeness (QED) is 0.776. The lowest BCUT2D eigenvalue weighted by atomic mass is 10.1. The molecule has 0 radical (unpaired) electrons. The molecule has 0 bridgehead atoms. The normalized spacial score (nSPS) is 14.7. The molecule has 1 fully saturated rings. The van der Waals surface area contributed by atoms with Crippen molar-refractivity contribution in [3.8, 4) is 0 Å². The summed E-state index contributed by atoms with van der Waals surface area (Å²) in [5.41, 5.74) is 1.46. The number of halogens is 1. The number of nitrogens with one attached hydrogen (secondary N) is 2. The van der Waals surface area contributed by atoms with Gasteiger partial charge in [0.1, 0.15) is 5.82 Å². The zero-order chi connectivity index (χ0) is 15.8. The minimum atomic E-state index is -0.331. The van der Waals surface area contributed by atoms with E-state index < -0.39 is 0 Å². The van der Waals surface area contributed by atoms with Gasteiger partial charge in [-0.15, -0.1) is 0 Å². The molecule has 1 aliphatic rings. The Bertz CT molecular complexity index is 487. The van der Waals surface area contributed by atoms with Crippen molar-refractivity contribution in [1.82, 2.24) is 5.32 Å². The van der Waals surface area contributed by atoms with Crippen LogP contribution in [0.3, 0.4) is 0 Å². The second-order valence-electron chi connectivity index (χ2n) is 5.80. The van der Waals surface area contributed by atoms with Gasteiger partial charge in [0.05, 0.1) is 11.4 Å². The summed E-state index contributed by atoms with van der Waals surface area (Å²) in [5, 5.41) is 5.62. The third-order valence-electron chi connectivity index (χ3n) is 3.97. The molecule has 0 saturated carbocycles. The highest BCUT2D eigenvalue weighted by Crippen LogP contribution is 2.29. The fourth-order valence-corrected chi connectivity index (χ4v) is 2.76. The van der Waals surface area contributed by atoms with Gasteiger partial charge in [0.2, 0.25) is 0 Å². The molecule has 2 N–H and O–H groups in total. The van der Waals surface area contributed by atoms with Crippen LogP contribution in [0.1, 0.15) is 45.4 Å². The highest BCUT2D eigenvalue weighted by atomic mass is 19.1. The number of nitrogens with zero attached hydrogens (tertiary/aromatic N) is 1. The number of amides is 2. The first kappa shape index (κ1) is 16.6. The van der Waals surface area contributed by atoms with Crippen LogP contribution in [0.15, 0.2) is 18.2 Å². The molecule has 1 aromatic rings. The van der Waals surface area contributed by atoms with Crippen LogP contribution in [0.25, 0.3) is 0 Å². The highest BCUT2D eigenvalue weighted by molar-refractivity contribution is 5.93. The highest BCUT2D eigenvalue weighted by Gasteiger charge is 2.16. The third-order valence-corrected chi connectivity index (χ3v) is 3.97. The number of piperidine rings is 1. The SMILES string of the molecule is CCCCCNC(=O)Nc1cc(F)ccc1N1CCCCC1. The number of carbonyl (C=O) groups excluding carboxylic acids is 1. The summed E-state index contributed by atoms with van der Waals surface area (Å²) in [4.78, 5) is 14.2. The summed E-state index contributed by atoms with van der Waals surface area (Å²) in [5.74, 6) is -0.331. The Balaban J connectivity index is 1.99. The maximum Gasteiger partial charge on any atom is 0.319 e. The van der Waals surface area contributed by atoms with Crippen LogP contribution >= 0.6 is 0 Å².